The van der Waals surface area contributed by atoms with Gasteiger partial charge < -0.3 is 10.6 Å². The third-order valence-electron chi connectivity index (χ3n) is 2.16. The van der Waals surface area contributed by atoms with Crippen molar-refractivity contribution in [2.24, 2.45) is 0 Å². The van der Waals surface area contributed by atoms with Crippen LogP contribution in [-0.4, -0.2) is 24.9 Å². The highest BCUT2D eigenvalue weighted by molar-refractivity contribution is 9.10. The van der Waals surface area contributed by atoms with Crippen LogP contribution in [0.25, 0.3) is 0 Å². The summed E-state index contributed by atoms with van der Waals surface area (Å²) < 4.78 is 0.934. The van der Waals surface area contributed by atoms with Crippen molar-refractivity contribution >= 4 is 27.7 Å². The fraction of sp³-hybridized carbons (Fsp3) is 0.333. The number of benzene rings is 1. The molecule has 0 fully saturated rings. The van der Waals surface area contributed by atoms with Crippen molar-refractivity contribution in [2.75, 3.05) is 13.1 Å². The highest BCUT2D eigenvalue weighted by Gasteiger charge is 2.04. The largest absolute Gasteiger partial charge is 0.354 e. The number of halogens is 1. The summed E-state index contributed by atoms with van der Waals surface area (Å²) in [6.45, 7) is 2.67. The van der Waals surface area contributed by atoms with E-state index in [1.165, 1.54) is 0 Å². The van der Waals surface area contributed by atoms with Gasteiger partial charge in [0.2, 0.25) is 5.91 Å². The summed E-state index contributed by atoms with van der Waals surface area (Å²) in [5.74, 6) is -0.147. The molecule has 5 heteroatoms. The second kappa shape index (κ2) is 7.06. The highest BCUT2D eigenvalue weighted by atomic mass is 79.9. The van der Waals surface area contributed by atoms with Crippen molar-refractivity contribution in [3.63, 3.8) is 0 Å². The Morgan fingerprint density at radius 1 is 1.12 bits per heavy atom. The predicted octanol–water partition coefficient (Wildman–Crippen LogP) is 1.71. The third-order valence-corrected chi connectivity index (χ3v) is 2.69. The molecule has 1 aromatic rings. The lowest BCUT2D eigenvalue weighted by atomic mass is 10.2. The number of carbonyl (C=O) groups is 2. The van der Waals surface area contributed by atoms with Gasteiger partial charge in [-0.1, -0.05) is 22.9 Å². The topological polar surface area (TPSA) is 58.2 Å². The molecule has 0 heterocycles. The molecule has 0 radical (unpaired) electrons. The fourth-order valence-electron chi connectivity index (χ4n) is 1.21. The van der Waals surface area contributed by atoms with Gasteiger partial charge in [0.15, 0.2) is 0 Å². The molecule has 0 aromatic heterocycles. The van der Waals surface area contributed by atoms with Gasteiger partial charge in [-0.25, -0.2) is 0 Å². The predicted molar refractivity (Wildman–Crippen MR) is 69.8 cm³/mol. The highest BCUT2D eigenvalue weighted by Crippen LogP contribution is 2.10. The number of carbonyl (C=O) groups excluding carboxylic acids is 2. The van der Waals surface area contributed by atoms with Crippen LogP contribution in [0.4, 0.5) is 0 Å². The van der Waals surface area contributed by atoms with Gasteiger partial charge in [0.25, 0.3) is 5.91 Å². The molecule has 0 unspecified atom stereocenters. The van der Waals surface area contributed by atoms with Crippen molar-refractivity contribution in [3.8, 4) is 0 Å². The molecule has 1 aromatic carbocycles. The zero-order valence-electron chi connectivity index (χ0n) is 9.63. The normalized spacial score (nSPS) is 9.76. The second-order valence-corrected chi connectivity index (χ2v) is 4.38. The summed E-state index contributed by atoms with van der Waals surface area (Å²) in [6, 6.07) is 7.11. The number of rotatable bonds is 5. The van der Waals surface area contributed by atoms with Gasteiger partial charge in [0.05, 0.1) is 0 Å². The van der Waals surface area contributed by atoms with E-state index < -0.39 is 0 Å². The first-order chi connectivity index (χ1) is 8.13. The Kier molecular flexibility index (Phi) is 5.69. The van der Waals surface area contributed by atoms with Crippen LogP contribution in [0, 0.1) is 0 Å². The third kappa shape index (κ3) is 4.99. The minimum absolute atomic E-state index is 0.0112. The van der Waals surface area contributed by atoms with Crippen molar-refractivity contribution in [1.82, 2.24) is 10.6 Å². The van der Waals surface area contributed by atoms with Crippen molar-refractivity contribution in [2.45, 2.75) is 13.3 Å². The monoisotopic (exact) mass is 298 g/mol. The van der Waals surface area contributed by atoms with Crippen molar-refractivity contribution in [3.05, 3.63) is 34.3 Å². The first-order valence-electron chi connectivity index (χ1n) is 5.44. The van der Waals surface area contributed by atoms with E-state index in [0.29, 0.717) is 25.1 Å². The number of hydrogen-bond acceptors (Lipinski definition) is 2. The molecule has 17 heavy (non-hydrogen) atoms. The SMILES string of the molecule is CCC(=O)NCCNC(=O)c1ccc(Br)cc1. The van der Waals surface area contributed by atoms with Crippen LogP contribution >= 0.6 is 15.9 Å². The molecule has 0 saturated carbocycles. The lowest BCUT2D eigenvalue weighted by Crippen LogP contribution is -2.34. The molecule has 0 aliphatic rings. The number of nitrogens with one attached hydrogen (secondary N) is 2. The van der Waals surface area contributed by atoms with Gasteiger partial charge in [-0.15, -0.1) is 0 Å². The lowest BCUT2D eigenvalue weighted by Gasteiger charge is -2.06. The van der Waals surface area contributed by atoms with E-state index in [2.05, 4.69) is 26.6 Å². The summed E-state index contributed by atoms with van der Waals surface area (Å²) in [4.78, 5) is 22.6. The quantitative estimate of drug-likeness (QED) is 0.813. The maximum absolute atomic E-state index is 11.6. The Labute approximate surface area is 109 Å². The van der Waals surface area contributed by atoms with Gasteiger partial charge in [0, 0.05) is 29.5 Å². The Morgan fingerprint density at radius 2 is 1.71 bits per heavy atom. The Bertz CT molecular complexity index is 390. The molecule has 92 valence electrons. The van der Waals surface area contributed by atoms with Crippen LogP contribution in [0.1, 0.15) is 23.7 Å². The van der Waals surface area contributed by atoms with Crippen molar-refractivity contribution in [1.29, 1.82) is 0 Å². The Balaban J connectivity index is 2.30. The molecule has 0 aliphatic carbocycles. The van der Waals surface area contributed by atoms with E-state index in [0.717, 1.165) is 4.47 Å². The minimum Gasteiger partial charge on any atom is -0.354 e. The number of amides is 2. The van der Waals surface area contributed by atoms with Crippen LogP contribution in [-0.2, 0) is 4.79 Å². The van der Waals surface area contributed by atoms with Gasteiger partial charge in [-0.05, 0) is 24.3 Å². The first kappa shape index (κ1) is 13.7. The van der Waals surface area contributed by atoms with E-state index >= 15 is 0 Å². The fourth-order valence-corrected chi connectivity index (χ4v) is 1.47. The minimum atomic E-state index is -0.136. The summed E-state index contributed by atoms with van der Waals surface area (Å²) in [7, 11) is 0. The van der Waals surface area contributed by atoms with Crippen LogP contribution < -0.4 is 10.6 Å². The van der Waals surface area contributed by atoms with Gasteiger partial charge in [0.1, 0.15) is 0 Å². The van der Waals surface area contributed by atoms with E-state index in [4.69, 9.17) is 0 Å². The van der Waals surface area contributed by atoms with Crippen molar-refractivity contribution < 1.29 is 9.59 Å². The smallest absolute Gasteiger partial charge is 0.251 e. The molecule has 0 spiro atoms. The van der Waals surface area contributed by atoms with E-state index in [-0.39, 0.29) is 11.8 Å². The molecule has 0 bridgehead atoms. The Hall–Kier alpha value is -1.36. The molecule has 2 N–H and O–H groups in total. The van der Waals surface area contributed by atoms with Crippen LogP contribution in [0.2, 0.25) is 0 Å². The number of hydrogen-bond donors (Lipinski definition) is 2. The molecule has 0 atom stereocenters. The van der Waals surface area contributed by atoms with Crippen LogP contribution in [0.5, 0.6) is 0 Å². The van der Waals surface area contributed by atoms with Gasteiger partial charge in [-0.2, -0.15) is 0 Å². The molecular weight excluding hydrogens is 284 g/mol. The molecule has 0 aliphatic heterocycles. The van der Waals surface area contributed by atoms with Crippen LogP contribution in [0.3, 0.4) is 0 Å². The summed E-state index contributed by atoms with van der Waals surface area (Å²) in [5, 5.41) is 5.42. The molecular formula is C12H15BrN2O2. The first-order valence-corrected chi connectivity index (χ1v) is 6.23. The van der Waals surface area contributed by atoms with Gasteiger partial charge >= 0.3 is 0 Å². The summed E-state index contributed by atoms with van der Waals surface area (Å²) in [5.41, 5.74) is 0.606. The van der Waals surface area contributed by atoms with E-state index in [9.17, 15) is 9.59 Å². The average molecular weight is 299 g/mol. The Morgan fingerprint density at radius 3 is 2.29 bits per heavy atom. The van der Waals surface area contributed by atoms with E-state index in [1.807, 2.05) is 12.1 Å². The summed E-state index contributed by atoms with van der Waals surface area (Å²) >= 11 is 3.30. The lowest BCUT2D eigenvalue weighted by molar-refractivity contribution is -0.120. The molecule has 2 amide bonds. The average Bonchev–Trinajstić information content (AvgIpc) is 2.34. The molecule has 4 nitrogen and oxygen atoms in total. The maximum Gasteiger partial charge on any atom is 0.251 e. The standard InChI is InChI=1S/C12H15BrN2O2/c1-2-11(16)14-7-8-15-12(17)9-3-5-10(13)6-4-9/h3-6H,2,7-8H2,1H3,(H,14,16)(H,15,17). The maximum atomic E-state index is 11.6. The second-order valence-electron chi connectivity index (χ2n) is 3.47. The molecule has 1 rings (SSSR count). The van der Waals surface area contributed by atoms with Gasteiger partial charge in [-0.3, -0.25) is 9.59 Å². The zero-order valence-corrected chi connectivity index (χ0v) is 11.2. The molecule has 0 saturated heterocycles. The van der Waals surface area contributed by atoms with E-state index in [1.54, 1.807) is 19.1 Å². The van der Waals surface area contributed by atoms with Crippen LogP contribution in [0.15, 0.2) is 28.7 Å². The summed E-state index contributed by atoms with van der Waals surface area (Å²) in [6.07, 6.45) is 0.459. The zero-order chi connectivity index (χ0) is 12.7.